The Hall–Kier alpha value is -3.98. The number of hydrogen-bond donors (Lipinski definition) is 2. The van der Waals surface area contributed by atoms with Crippen molar-refractivity contribution in [1.29, 1.82) is 5.53 Å². The Morgan fingerprint density at radius 1 is 1.07 bits per heavy atom. The maximum absolute atomic E-state index is 11.4. The first kappa shape index (κ1) is 19.8. The predicted molar refractivity (Wildman–Crippen MR) is 105 cm³/mol. The van der Waals surface area contributed by atoms with Crippen molar-refractivity contribution in [2.75, 3.05) is 5.43 Å². The third kappa shape index (κ3) is 4.14. The summed E-state index contributed by atoms with van der Waals surface area (Å²) in [5.74, 6) is 0. The third-order valence-corrected chi connectivity index (χ3v) is 4.84. The molecule has 0 aliphatic heterocycles. The third-order valence-electron chi connectivity index (χ3n) is 4.84. The van der Waals surface area contributed by atoms with Gasteiger partial charge in [-0.3, -0.25) is 25.7 Å². The fourth-order valence-corrected chi connectivity index (χ4v) is 3.47. The quantitative estimate of drug-likeness (QED) is 0.235. The SMILES string of the molecule is N=[N+]=NC1(/C(=N/Nc2ccc([N+](=O)[O-])cc2[N+](=O)[O-])c2ccccc2)CCCC1. The summed E-state index contributed by atoms with van der Waals surface area (Å²) in [6.45, 7) is 0. The second-order valence-electron chi connectivity index (χ2n) is 6.59. The fraction of sp³-hybridized carbons (Fsp3) is 0.278. The minimum atomic E-state index is -0.800. The van der Waals surface area contributed by atoms with E-state index in [0.717, 1.165) is 24.5 Å². The molecule has 2 N–H and O–H groups in total. The van der Waals surface area contributed by atoms with Crippen LogP contribution in [-0.4, -0.2) is 21.1 Å². The lowest BCUT2D eigenvalue weighted by atomic mass is 9.87. The van der Waals surface area contributed by atoms with Crippen molar-refractivity contribution >= 4 is 22.8 Å². The number of hydrazone groups is 1. The Balaban J connectivity index is 2.07. The highest BCUT2D eigenvalue weighted by molar-refractivity contribution is 6.08. The number of anilines is 1. The maximum atomic E-state index is 11.4. The zero-order valence-electron chi connectivity index (χ0n) is 15.3. The van der Waals surface area contributed by atoms with Gasteiger partial charge >= 0.3 is 5.69 Å². The van der Waals surface area contributed by atoms with Crippen LogP contribution in [0.5, 0.6) is 0 Å². The molecule has 1 aliphatic rings. The van der Waals surface area contributed by atoms with Gasteiger partial charge in [0, 0.05) is 11.6 Å². The number of nitrogens with zero attached hydrogens (tertiary/aromatic N) is 5. The maximum Gasteiger partial charge on any atom is 0.301 e. The lowest BCUT2D eigenvalue weighted by Gasteiger charge is -2.20. The van der Waals surface area contributed by atoms with E-state index in [9.17, 15) is 20.2 Å². The van der Waals surface area contributed by atoms with Gasteiger partial charge in [-0.2, -0.15) is 5.10 Å². The first-order valence-corrected chi connectivity index (χ1v) is 8.88. The van der Waals surface area contributed by atoms with Crippen LogP contribution in [0.4, 0.5) is 17.1 Å². The topological polar surface area (TPSA) is 161 Å². The summed E-state index contributed by atoms with van der Waals surface area (Å²) in [5.41, 5.74) is 9.54. The first-order valence-electron chi connectivity index (χ1n) is 8.88. The number of hydrogen-bond acceptors (Lipinski definition) is 8. The molecule has 2 aromatic carbocycles. The molecule has 11 heteroatoms. The Kier molecular flexibility index (Phi) is 5.70. The van der Waals surface area contributed by atoms with E-state index in [1.165, 1.54) is 12.1 Å². The summed E-state index contributed by atoms with van der Waals surface area (Å²) in [4.78, 5) is 24.1. The summed E-state index contributed by atoms with van der Waals surface area (Å²) >= 11 is 0. The number of non-ortho nitro benzene ring substituents is 1. The van der Waals surface area contributed by atoms with Crippen molar-refractivity contribution in [3.05, 3.63) is 74.3 Å². The van der Waals surface area contributed by atoms with Gasteiger partial charge in [0.2, 0.25) is 4.91 Å². The van der Waals surface area contributed by atoms with Crippen molar-refractivity contribution < 1.29 is 9.85 Å². The fourth-order valence-electron chi connectivity index (χ4n) is 3.47. The highest BCUT2D eigenvalue weighted by Crippen LogP contribution is 2.37. The van der Waals surface area contributed by atoms with E-state index in [4.69, 9.17) is 5.53 Å². The molecule has 2 aromatic rings. The molecule has 0 heterocycles. The van der Waals surface area contributed by atoms with Crippen LogP contribution in [0.3, 0.4) is 0 Å². The van der Waals surface area contributed by atoms with Gasteiger partial charge in [-0.1, -0.05) is 43.2 Å². The van der Waals surface area contributed by atoms with Crippen LogP contribution in [-0.2, 0) is 0 Å². The molecule has 0 spiro atoms. The molecule has 29 heavy (non-hydrogen) atoms. The van der Waals surface area contributed by atoms with E-state index in [-0.39, 0.29) is 11.4 Å². The van der Waals surface area contributed by atoms with Crippen molar-refractivity contribution in [2.45, 2.75) is 31.2 Å². The second kappa shape index (κ2) is 8.36. The van der Waals surface area contributed by atoms with Gasteiger partial charge in [-0.15, -0.1) is 0 Å². The average molecular weight is 396 g/mol. The van der Waals surface area contributed by atoms with E-state index in [1.54, 1.807) is 0 Å². The number of rotatable bonds is 7. The molecule has 3 rings (SSSR count). The van der Waals surface area contributed by atoms with Crippen molar-refractivity contribution in [2.24, 2.45) is 10.2 Å². The number of nitrogens with one attached hydrogen (secondary N) is 2. The van der Waals surface area contributed by atoms with Gasteiger partial charge in [0.15, 0.2) is 5.54 Å². The smallest absolute Gasteiger partial charge is 0.271 e. The first-order chi connectivity index (χ1) is 14.0. The van der Waals surface area contributed by atoms with Gasteiger partial charge in [-0.05, 0) is 18.9 Å². The summed E-state index contributed by atoms with van der Waals surface area (Å²) in [5, 5.41) is 30.8. The molecule has 0 bridgehead atoms. The summed E-state index contributed by atoms with van der Waals surface area (Å²) in [6.07, 6.45) is 3.07. The van der Waals surface area contributed by atoms with Crippen molar-refractivity contribution in [1.82, 2.24) is 4.91 Å². The predicted octanol–water partition coefficient (Wildman–Crippen LogP) is 4.18. The molecule has 0 amide bonds. The van der Waals surface area contributed by atoms with E-state index in [2.05, 4.69) is 20.6 Å². The van der Waals surface area contributed by atoms with Crippen LogP contribution in [0.2, 0.25) is 0 Å². The van der Waals surface area contributed by atoms with E-state index >= 15 is 0 Å². The highest BCUT2D eigenvalue weighted by Gasteiger charge is 2.45. The Labute approximate surface area is 165 Å². The molecule has 0 aromatic heterocycles. The Bertz CT molecular complexity index is 1010. The minimum Gasteiger partial charge on any atom is -0.271 e. The summed E-state index contributed by atoms with van der Waals surface area (Å²) in [7, 11) is 0. The molecule has 0 atom stereocenters. The minimum absolute atomic E-state index is 0.0185. The molecular weight excluding hydrogens is 378 g/mol. The zero-order chi connectivity index (χ0) is 20.9. The van der Waals surface area contributed by atoms with Crippen LogP contribution in [0.1, 0.15) is 31.2 Å². The molecule has 1 fully saturated rings. The molecule has 1 aliphatic carbocycles. The Morgan fingerprint density at radius 3 is 2.34 bits per heavy atom. The molecule has 1 saturated carbocycles. The molecule has 0 radical (unpaired) electrons. The molecule has 11 nitrogen and oxygen atoms in total. The Morgan fingerprint density at radius 2 is 1.76 bits per heavy atom. The van der Waals surface area contributed by atoms with Gasteiger partial charge in [0.25, 0.3) is 5.69 Å². The van der Waals surface area contributed by atoms with Crippen LogP contribution in [0.25, 0.3) is 0 Å². The second-order valence-corrected chi connectivity index (χ2v) is 6.59. The van der Waals surface area contributed by atoms with Gasteiger partial charge in [0.05, 0.1) is 15.9 Å². The molecule has 0 saturated heterocycles. The molecule has 0 unspecified atom stereocenters. The number of nitro groups is 2. The van der Waals surface area contributed by atoms with Crippen LogP contribution < -0.4 is 10.3 Å². The van der Waals surface area contributed by atoms with E-state index in [1.807, 2.05) is 30.3 Å². The van der Waals surface area contributed by atoms with Crippen molar-refractivity contribution in [3.8, 4) is 0 Å². The summed E-state index contributed by atoms with van der Waals surface area (Å²) < 4.78 is 0. The standard InChI is InChI=1S/C18H18N7O4/c19-23-22-18(10-4-5-11-18)17(13-6-2-1-3-7-13)21-20-15-9-8-14(24(26)27)12-16(15)25(28)29/h1-3,6-9,12,19-20H,4-5,10-11H2/q+1/b21-17+. The van der Waals surface area contributed by atoms with Crippen LogP contribution in [0.15, 0.2) is 58.7 Å². The summed E-state index contributed by atoms with van der Waals surface area (Å²) in [6, 6.07) is 12.5. The monoisotopic (exact) mass is 396 g/mol. The molecule has 148 valence electrons. The van der Waals surface area contributed by atoms with E-state index in [0.29, 0.717) is 18.6 Å². The largest absolute Gasteiger partial charge is 0.301 e. The zero-order valence-corrected chi connectivity index (χ0v) is 15.3. The van der Waals surface area contributed by atoms with E-state index < -0.39 is 21.1 Å². The highest BCUT2D eigenvalue weighted by atomic mass is 16.6. The number of benzene rings is 2. The molecular formula is C18H18N7O4+. The number of nitro benzene ring substituents is 2. The van der Waals surface area contributed by atoms with Crippen LogP contribution in [0, 0.1) is 25.8 Å². The van der Waals surface area contributed by atoms with Gasteiger partial charge in [0.1, 0.15) is 22.0 Å². The van der Waals surface area contributed by atoms with Gasteiger partial charge in [-0.25, -0.2) is 0 Å². The lowest BCUT2D eigenvalue weighted by Crippen LogP contribution is -2.35. The van der Waals surface area contributed by atoms with Crippen LogP contribution >= 0.6 is 0 Å². The lowest BCUT2D eigenvalue weighted by molar-refractivity contribution is -0.393. The van der Waals surface area contributed by atoms with Crippen molar-refractivity contribution in [3.63, 3.8) is 0 Å². The normalized spacial score (nSPS) is 15.4. The van der Waals surface area contributed by atoms with Gasteiger partial charge < -0.3 is 0 Å². The average Bonchev–Trinajstić information content (AvgIpc) is 3.18.